The van der Waals surface area contributed by atoms with Crippen molar-refractivity contribution in [2.24, 2.45) is 5.92 Å². The molecule has 1 unspecified atom stereocenters. The molecule has 2 aromatic rings. The fourth-order valence-corrected chi connectivity index (χ4v) is 6.45. The van der Waals surface area contributed by atoms with E-state index in [9.17, 15) is 13.2 Å². The van der Waals surface area contributed by atoms with Crippen molar-refractivity contribution in [1.29, 1.82) is 0 Å². The molecule has 4 rings (SSSR count). The molecule has 1 heterocycles. The third-order valence-corrected chi connectivity index (χ3v) is 8.37. The van der Waals surface area contributed by atoms with Gasteiger partial charge in [0.1, 0.15) is 5.78 Å². The molecule has 6 heteroatoms. The highest BCUT2D eigenvalue weighted by molar-refractivity contribution is 7.89. The number of fused-ring (bicyclic) bond motifs is 1. The summed E-state index contributed by atoms with van der Waals surface area (Å²) in [6, 6.07) is 13.7. The number of hydrogen-bond donors (Lipinski definition) is 0. The van der Waals surface area contributed by atoms with Gasteiger partial charge in [-0.25, -0.2) is 8.42 Å². The maximum Gasteiger partial charge on any atom is 0.243 e. The van der Waals surface area contributed by atoms with Crippen molar-refractivity contribution in [2.45, 2.75) is 44.6 Å². The topological polar surface area (TPSA) is 57.7 Å². The van der Waals surface area contributed by atoms with Gasteiger partial charge < -0.3 is 4.90 Å². The Balaban J connectivity index is 1.58. The molecular weight excluding hydrogens is 384 g/mol. The quantitative estimate of drug-likeness (QED) is 0.774. The molecule has 0 N–H and O–H groups in total. The number of carbonyl (C=O) groups excluding carboxylic acids is 1. The summed E-state index contributed by atoms with van der Waals surface area (Å²) in [5.41, 5.74) is 4.17. The number of ketones is 1. The van der Waals surface area contributed by atoms with E-state index in [0.29, 0.717) is 37.4 Å². The minimum atomic E-state index is -3.60. The predicted octanol–water partition coefficient (Wildman–Crippen LogP) is 3.20. The van der Waals surface area contributed by atoms with Gasteiger partial charge in [0.2, 0.25) is 10.0 Å². The van der Waals surface area contributed by atoms with Crippen LogP contribution in [0.4, 0.5) is 5.69 Å². The van der Waals surface area contributed by atoms with Crippen molar-refractivity contribution in [2.75, 3.05) is 24.5 Å². The third-order valence-electron chi connectivity index (χ3n) is 6.27. The van der Waals surface area contributed by atoms with Crippen LogP contribution in [0.2, 0.25) is 0 Å². The molecule has 1 aliphatic carbocycles. The molecule has 5 nitrogen and oxygen atoms in total. The van der Waals surface area contributed by atoms with E-state index in [1.165, 1.54) is 5.56 Å². The number of carbonyl (C=O) groups is 1. The summed E-state index contributed by atoms with van der Waals surface area (Å²) in [4.78, 5) is 14.5. The number of hydrogen-bond acceptors (Lipinski definition) is 4. The Kier molecular flexibility index (Phi) is 5.25. The molecule has 2 aliphatic rings. The van der Waals surface area contributed by atoms with Crippen LogP contribution in [-0.2, 0) is 27.7 Å². The Morgan fingerprint density at radius 1 is 1.03 bits per heavy atom. The standard InChI is InChI=1S/C23H28N2O3S/c1-16-7-9-21(10-8-16)24-11-12-25(17(2)15-24)29(27,28)23-6-4-5-19-13-20(18(3)26)14-22(19)23/h4-10,17,20H,11-15H2,1-3H3/t17-,20?/m0/s1. The highest BCUT2D eigenvalue weighted by Gasteiger charge is 2.37. The molecule has 154 valence electrons. The zero-order valence-corrected chi connectivity index (χ0v) is 18.1. The lowest BCUT2D eigenvalue weighted by Crippen LogP contribution is -2.54. The molecular formula is C23H28N2O3S. The zero-order valence-electron chi connectivity index (χ0n) is 17.3. The van der Waals surface area contributed by atoms with Crippen molar-refractivity contribution >= 4 is 21.5 Å². The molecule has 2 aromatic carbocycles. The maximum absolute atomic E-state index is 13.5. The van der Waals surface area contributed by atoms with Crippen molar-refractivity contribution in [1.82, 2.24) is 4.31 Å². The van der Waals surface area contributed by atoms with Crippen molar-refractivity contribution < 1.29 is 13.2 Å². The van der Waals surface area contributed by atoms with Crippen LogP contribution in [0.15, 0.2) is 47.4 Å². The maximum atomic E-state index is 13.5. The predicted molar refractivity (Wildman–Crippen MR) is 115 cm³/mol. The van der Waals surface area contributed by atoms with Gasteiger partial charge in [-0.15, -0.1) is 0 Å². The summed E-state index contributed by atoms with van der Waals surface area (Å²) >= 11 is 0. The fraction of sp³-hybridized carbons (Fsp3) is 0.435. The van der Waals surface area contributed by atoms with Crippen LogP contribution in [0.1, 0.15) is 30.5 Å². The number of sulfonamides is 1. The summed E-state index contributed by atoms with van der Waals surface area (Å²) in [6.45, 7) is 7.41. The summed E-state index contributed by atoms with van der Waals surface area (Å²) in [6.07, 6.45) is 1.17. The first kappa shape index (κ1) is 20.1. The van der Waals surface area contributed by atoms with Gasteiger partial charge in [-0.1, -0.05) is 29.8 Å². The van der Waals surface area contributed by atoms with Gasteiger partial charge in [-0.05, 0) is 62.9 Å². The molecule has 0 radical (unpaired) electrons. The average Bonchev–Trinajstić information content (AvgIpc) is 3.13. The average molecular weight is 413 g/mol. The van der Waals surface area contributed by atoms with E-state index in [1.54, 1.807) is 23.4 Å². The third kappa shape index (κ3) is 3.71. The van der Waals surface area contributed by atoms with Crippen molar-refractivity contribution in [3.05, 3.63) is 59.2 Å². The van der Waals surface area contributed by atoms with E-state index < -0.39 is 10.0 Å². The molecule has 0 spiro atoms. The summed E-state index contributed by atoms with van der Waals surface area (Å²) in [5.74, 6) is 0.0294. The first-order valence-electron chi connectivity index (χ1n) is 10.2. The second kappa shape index (κ2) is 7.58. The number of anilines is 1. The monoisotopic (exact) mass is 412 g/mol. The molecule has 0 amide bonds. The second-order valence-corrected chi connectivity index (χ2v) is 10.2. The number of piperazine rings is 1. The van der Waals surface area contributed by atoms with E-state index in [-0.39, 0.29) is 17.7 Å². The van der Waals surface area contributed by atoms with Gasteiger partial charge >= 0.3 is 0 Å². The lowest BCUT2D eigenvalue weighted by atomic mass is 10.0. The van der Waals surface area contributed by atoms with Crippen molar-refractivity contribution in [3.8, 4) is 0 Å². The molecule has 1 aliphatic heterocycles. The Labute approximate surface area is 173 Å². The largest absolute Gasteiger partial charge is 0.369 e. The number of aryl methyl sites for hydroxylation is 1. The van der Waals surface area contributed by atoms with Crippen LogP contribution < -0.4 is 4.90 Å². The van der Waals surface area contributed by atoms with Gasteiger partial charge in [-0.2, -0.15) is 4.31 Å². The summed E-state index contributed by atoms with van der Waals surface area (Å²) in [7, 11) is -3.60. The first-order chi connectivity index (χ1) is 13.8. The Hall–Kier alpha value is -2.18. The van der Waals surface area contributed by atoms with Crippen LogP contribution in [0.3, 0.4) is 0 Å². The summed E-state index contributed by atoms with van der Waals surface area (Å²) in [5, 5.41) is 0. The number of Topliss-reactive ketones (excluding diaryl/α,β-unsaturated/α-hetero) is 1. The lowest BCUT2D eigenvalue weighted by Gasteiger charge is -2.40. The minimum Gasteiger partial charge on any atom is -0.369 e. The van der Waals surface area contributed by atoms with E-state index in [1.807, 2.05) is 13.0 Å². The van der Waals surface area contributed by atoms with Crippen LogP contribution in [0.5, 0.6) is 0 Å². The van der Waals surface area contributed by atoms with Gasteiger partial charge in [0.25, 0.3) is 0 Å². The van der Waals surface area contributed by atoms with E-state index >= 15 is 0 Å². The Morgan fingerprint density at radius 3 is 2.41 bits per heavy atom. The molecule has 1 saturated heterocycles. The Bertz CT molecular complexity index is 1030. The smallest absolute Gasteiger partial charge is 0.243 e. The van der Waals surface area contributed by atoms with Gasteiger partial charge in [0, 0.05) is 37.3 Å². The van der Waals surface area contributed by atoms with E-state index in [2.05, 4.69) is 36.1 Å². The van der Waals surface area contributed by atoms with E-state index in [0.717, 1.165) is 16.8 Å². The molecule has 0 saturated carbocycles. The van der Waals surface area contributed by atoms with E-state index in [4.69, 9.17) is 0 Å². The van der Waals surface area contributed by atoms with Crippen LogP contribution in [0.25, 0.3) is 0 Å². The van der Waals surface area contributed by atoms with Gasteiger partial charge in [0.05, 0.1) is 4.90 Å². The minimum absolute atomic E-state index is 0.0999. The molecule has 29 heavy (non-hydrogen) atoms. The van der Waals surface area contributed by atoms with Gasteiger partial charge in [0.15, 0.2) is 0 Å². The van der Waals surface area contributed by atoms with Gasteiger partial charge in [-0.3, -0.25) is 4.79 Å². The number of rotatable bonds is 4. The first-order valence-corrected chi connectivity index (χ1v) is 11.7. The highest BCUT2D eigenvalue weighted by atomic mass is 32.2. The SMILES string of the molecule is CC(=O)C1Cc2cccc(S(=O)(=O)N3CCN(c4ccc(C)cc4)C[C@@H]3C)c2C1. The lowest BCUT2D eigenvalue weighted by molar-refractivity contribution is -0.120. The molecule has 0 aromatic heterocycles. The normalized spacial score (nSPS) is 22.5. The van der Waals surface area contributed by atoms with Crippen molar-refractivity contribution in [3.63, 3.8) is 0 Å². The van der Waals surface area contributed by atoms with Crippen LogP contribution in [0, 0.1) is 12.8 Å². The fourth-order valence-electron chi connectivity index (χ4n) is 4.56. The zero-order chi connectivity index (χ0) is 20.8. The second-order valence-electron chi connectivity index (χ2n) is 8.36. The molecule has 2 atom stereocenters. The van der Waals surface area contributed by atoms with Crippen LogP contribution in [-0.4, -0.2) is 44.2 Å². The number of benzene rings is 2. The highest BCUT2D eigenvalue weighted by Crippen LogP contribution is 2.34. The molecule has 1 fully saturated rings. The summed E-state index contributed by atoms with van der Waals surface area (Å²) < 4.78 is 28.7. The Morgan fingerprint density at radius 2 is 1.76 bits per heavy atom. The number of nitrogens with zero attached hydrogens (tertiary/aromatic N) is 2. The van der Waals surface area contributed by atoms with Crippen LogP contribution >= 0.6 is 0 Å². The molecule has 0 bridgehead atoms.